The second-order valence-electron chi connectivity index (χ2n) is 3.34. The van der Waals surface area contributed by atoms with Gasteiger partial charge >= 0.3 is 0 Å². The molecular formula is C8H15BNO3P. The molecule has 0 aliphatic carbocycles. The van der Waals surface area contributed by atoms with Crippen LogP contribution in [0.2, 0.25) is 0 Å². The molecule has 1 aliphatic heterocycles. The van der Waals surface area contributed by atoms with Gasteiger partial charge in [-0.3, -0.25) is 0 Å². The third kappa shape index (κ3) is 3.66. The van der Waals surface area contributed by atoms with E-state index in [0.717, 1.165) is 19.3 Å². The van der Waals surface area contributed by atoms with Crippen LogP contribution < -0.4 is 0 Å². The van der Waals surface area contributed by atoms with Crippen molar-refractivity contribution in [2.75, 3.05) is 6.61 Å². The highest BCUT2D eigenvalue weighted by atomic mass is 31.1. The van der Waals surface area contributed by atoms with Crippen LogP contribution in [0.25, 0.3) is 0 Å². The lowest BCUT2D eigenvalue weighted by molar-refractivity contribution is -0.0481. The fourth-order valence-electron chi connectivity index (χ4n) is 1.57. The van der Waals surface area contributed by atoms with Gasteiger partial charge in [0.05, 0.1) is 18.8 Å². The molecule has 1 fully saturated rings. The summed E-state index contributed by atoms with van der Waals surface area (Å²) < 4.78 is 13.8. The Morgan fingerprint density at radius 1 is 1.71 bits per heavy atom. The van der Waals surface area contributed by atoms with Crippen molar-refractivity contribution in [3.8, 4) is 0 Å². The maximum absolute atomic E-state index is 9.65. The summed E-state index contributed by atoms with van der Waals surface area (Å²) in [5, 5.41) is 9.65. The first-order chi connectivity index (χ1) is 6.77. The van der Waals surface area contributed by atoms with Crippen molar-refractivity contribution < 1.29 is 14.4 Å². The smallest absolute Gasteiger partial charge is 0.269 e. The van der Waals surface area contributed by atoms with E-state index < -0.39 is 6.10 Å². The molecule has 1 saturated heterocycles. The number of aliphatic hydroxyl groups excluding tert-OH is 1. The van der Waals surface area contributed by atoms with Gasteiger partial charge in [0.1, 0.15) is 6.10 Å². The van der Waals surface area contributed by atoms with Gasteiger partial charge in [0.15, 0.2) is 8.60 Å². The monoisotopic (exact) mass is 215 g/mol. The van der Waals surface area contributed by atoms with Crippen molar-refractivity contribution in [1.29, 1.82) is 0 Å². The maximum Gasteiger partial charge on any atom is 0.269 e. The lowest BCUT2D eigenvalue weighted by Gasteiger charge is -2.17. The highest BCUT2D eigenvalue weighted by molar-refractivity contribution is 7.21. The molecule has 0 saturated carbocycles. The molecule has 1 heterocycles. The van der Waals surface area contributed by atoms with Gasteiger partial charge in [-0.1, -0.05) is 6.92 Å². The van der Waals surface area contributed by atoms with Crippen LogP contribution in [0, 0.1) is 0 Å². The van der Waals surface area contributed by atoms with Gasteiger partial charge < -0.3 is 19.0 Å². The number of nitrogens with zero attached hydrogens (tertiary/aromatic N) is 1. The Bertz CT molecular complexity index is 193. The van der Waals surface area contributed by atoms with Crippen LogP contribution in [0.5, 0.6) is 0 Å². The van der Waals surface area contributed by atoms with Crippen molar-refractivity contribution in [1.82, 2.24) is 0 Å². The third-order valence-electron chi connectivity index (χ3n) is 2.38. The van der Waals surface area contributed by atoms with Gasteiger partial charge in [0.25, 0.3) is 7.98 Å². The van der Waals surface area contributed by atoms with Gasteiger partial charge in [-0.2, -0.15) is 0 Å². The molecular weight excluding hydrogens is 200 g/mol. The van der Waals surface area contributed by atoms with E-state index in [4.69, 9.17) is 17.2 Å². The average molecular weight is 215 g/mol. The maximum atomic E-state index is 9.65. The van der Waals surface area contributed by atoms with E-state index in [-0.39, 0.29) is 12.7 Å². The highest BCUT2D eigenvalue weighted by Gasteiger charge is 2.29. The molecule has 0 bridgehead atoms. The van der Waals surface area contributed by atoms with E-state index in [9.17, 15) is 5.11 Å². The fraction of sp³-hybridized carbons (Fsp3) is 1.00. The Morgan fingerprint density at radius 3 is 3.07 bits per heavy atom. The first kappa shape index (κ1) is 12.1. The summed E-state index contributed by atoms with van der Waals surface area (Å²) in [4.78, 5) is 0. The minimum atomic E-state index is -0.569. The minimum Gasteiger partial charge on any atom is -0.388 e. The van der Waals surface area contributed by atoms with Gasteiger partial charge in [-0.15, -0.1) is 0 Å². The molecule has 3 unspecified atom stereocenters. The zero-order valence-electron chi connectivity index (χ0n) is 8.30. The number of hydrogen-bond donors (Lipinski definition) is 1. The van der Waals surface area contributed by atoms with Crippen molar-refractivity contribution in [2.24, 2.45) is 4.66 Å². The fourth-order valence-corrected chi connectivity index (χ4v) is 1.85. The van der Waals surface area contributed by atoms with Gasteiger partial charge in [-0.25, -0.2) is 0 Å². The number of rotatable bonds is 5. The summed E-state index contributed by atoms with van der Waals surface area (Å²) >= 11 is 0. The number of aliphatic hydroxyl groups is 1. The van der Waals surface area contributed by atoms with Crippen molar-refractivity contribution in [2.45, 2.75) is 44.5 Å². The molecule has 6 heteroatoms. The molecule has 14 heavy (non-hydrogen) atoms. The van der Waals surface area contributed by atoms with Crippen LogP contribution in [0.1, 0.15) is 26.2 Å². The summed E-state index contributed by atoms with van der Waals surface area (Å²) in [5.74, 6) is 0. The van der Waals surface area contributed by atoms with E-state index in [0.29, 0.717) is 14.7 Å². The Morgan fingerprint density at radius 2 is 2.50 bits per heavy atom. The van der Waals surface area contributed by atoms with E-state index in [1.807, 2.05) is 0 Å². The summed E-state index contributed by atoms with van der Waals surface area (Å²) in [6.45, 7) is 2.31. The molecule has 1 rings (SSSR count). The van der Waals surface area contributed by atoms with E-state index in [1.165, 1.54) is 0 Å². The van der Waals surface area contributed by atoms with Gasteiger partial charge in [-0.05, 0) is 19.3 Å². The van der Waals surface area contributed by atoms with Crippen LogP contribution in [-0.2, 0) is 9.26 Å². The predicted molar refractivity (Wildman–Crippen MR) is 55.2 cm³/mol. The normalized spacial score (nSPS) is 29.9. The van der Waals surface area contributed by atoms with Crippen molar-refractivity contribution >= 4 is 16.6 Å². The summed E-state index contributed by atoms with van der Waals surface area (Å²) in [6.07, 6.45) is 2.57. The first-order valence-electron chi connectivity index (χ1n) is 4.83. The third-order valence-corrected chi connectivity index (χ3v) is 2.73. The second-order valence-corrected chi connectivity index (χ2v) is 3.99. The van der Waals surface area contributed by atoms with Gasteiger partial charge in [0.2, 0.25) is 0 Å². The van der Waals surface area contributed by atoms with Gasteiger partial charge in [0, 0.05) is 0 Å². The largest absolute Gasteiger partial charge is 0.388 e. The van der Waals surface area contributed by atoms with Crippen LogP contribution in [-0.4, -0.2) is 38.0 Å². The zero-order valence-corrected chi connectivity index (χ0v) is 9.19. The van der Waals surface area contributed by atoms with Crippen molar-refractivity contribution in [3.05, 3.63) is 0 Å². The Balaban J connectivity index is 2.21. The molecule has 4 nitrogen and oxygen atoms in total. The Labute approximate surface area is 87.4 Å². The first-order valence-corrected chi connectivity index (χ1v) is 5.60. The SMILES string of the molecule is [B]N=POCC(O)C1CCC(CC)O1. The summed E-state index contributed by atoms with van der Waals surface area (Å²) in [6, 6.07) is 0. The molecule has 0 aromatic carbocycles. The molecule has 1 N–H and O–H groups in total. The van der Waals surface area contributed by atoms with E-state index >= 15 is 0 Å². The second kappa shape index (κ2) is 6.51. The van der Waals surface area contributed by atoms with Crippen LogP contribution in [0.3, 0.4) is 0 Å². The zero-order chi connectivity index (χ0) is 10.4. The van der Waals surface area contributed by atoms with E-state index in [1.54, 1.807) is 0 Å². The summed E-state index contributed by atoms with van der Waals surface area (Å²) in [5.41, 5.74) is 0. The number of ether oxygens (including phenoxy) is 1. The standard InChI is InChI=1S/C8H15BNO3P/c1-2-6-3-4-8(13-6)7(11)5-12-14-10-9/h6-8,11H,2-5H2,1H3. The molecule has 3 atom stereocenters. The molecule has 0 spiro atoms. The molecule has 0 aromatic rings. The molecule has 78 valence electrons. The van der Waals surface area contributed by atoms with Crippen LogP contribution in [0.4, 0.5) is 0 Å². The molecule has 2 radical (unpaired) electrons. The molecule has 1 aliphatic rings. The Hall–Kier alpha value is 0.0449. The summed E-state index contributed by atoms with van der Waals surface area (Å²) in [7, 11) is 5.23. The number of hydrogen-bond acceptors (Lipinski definition) is 4. The Kier molecular flexibility index (Phi) is 5.64. The molecule has 0 amide bonds. The molecule has 0 aromatic heterocycles. The highest BCUT2D eigenvalue weighted by Crippen LogP contribution is 2.24. The van der Waals surface area contributed by atoms with Crippen molar-refractivity contribution in [3.63, 3.8) is 0 Å². The quantitative estimate of drug-likeness (QED) is 0.557. The van der Waals surface area contributed by atoms with Crippen LogP contribution >= 0.6 is 8.60 Å². The average Bonchev–Trinajstić information content (AvgIpc) is 2.66. The predicted octanol–water partition coefficient (Wildman–Crippen LogP) is 1.45. The van der Waals surface area contributed by atoms with Crippen LogP contribution in [0.15, 0.2) is 4.66 Å². The lowest BCUT2D eigenvalue weighted by Crippen LogP contribution is -2.29. The lowest BCUT2D eigenvalue weighted by atomic mass is 10.1. The van der Waals surface area contributed by atoms with E-state index in [2.05, 4.69) is 11.6 Å². The topological polar surface area (TPSA) is 51.0 Å². The minimum absolute atomic E-state index is 0.0899.